The SMILES string of the molecule is O=C(O)[C@H]1CCCC[C@H]1C(=O)Cc1ccc(F)cc1. The highest BCUT2D eigenvalue weighted by Crippen LogP contribution is 2.31. The monoisotopic (exact) mass is 264 g/mol. The van der Waals surface area contributed by atoms with Gasteiger partial charge in [-0.3, -0.25) is 9.59 Å². The van der Waals surface area contributed by atoms with Crippen LogP contribution in [0.25, 0.3) is 0 Å². The minimum Gasteiger partial charge on any atom is -0.481 e. The number of Topliss-reactive ketones (excluding diaryl/α,β-unsaturated/α-hetero) is 1. The molecular weight excluding hydrogens is 247 g/mol. The van der Waals surface area contributed by atoms with Crippen LogP contribution in [0.2, 0.25) is 0 Å². The minimum atomic E-state index is -0.878. The number of carboxylic acids is 1. The molecule has 19 heavy (non-hydrogen) atoms. The summed E-state index contributed by atoms with van der Waals surface area (Å²) in [6.45, 7) is 0. The average molecular weight is 264 g/mol. The van der Waals surface area contributed by atoms with Crippen molar-refractivity contribution in [3.05, 3.63) is 35.6 Å². The summed E-state index contributed by atoms with van der Waals surface area (Å²) in [5, 5.41) is 9.16. The molecule has 2 atom stereocenters. The molecule has 0 heterocycles. The fourth-order valence-electron chi connectivity index (χ4n) is 2.75. The molecule has 1 aliphatic carbocycles. The van der Waals surface area contributed by atoms with E-state index in [4.69, 9.17) is 5.11 Å². The number of halogens is 1. The van der Waals surface area contributed by atoms with Crippen LogP contribution in [0, 0.1) is 17.7 Å². The Morgan fingerprint density at radius 3 is 2.26 bits per heavy atom. The summed E-state index contributed by atoms with van der Waals surface area (Å²) < 4.78 is 12.8. The Labute approximate surface area is 111 Å². The maximum Gasteiger partial charge on any atom is 0.307 e. The molecule has 0 spiro atoms. The number of aliphatic carboxylic acids is 1. The molecule has 1 fully saturated rings. The second kappa shape index (κ2) is 5.95. The van der Waals surface area contributed by atoms with Gasteiger partial charge in [0.15, 0.2) is 0 Å². The first-order valence-corrected chi connectivity index (χ1v) is 6.58. The van der Waals surface area contributed by atoms with E-state index >= 15 is 0 Å². The molecule has 1 aromatic rings. The van der Waals surface area contributed by atoms with Crippen molar-refractivity contribution in [3.8, 4) is 0 Å². The Morgan fingerprint density at radius 2 is 1.68 bits per heavy atom. The molecule has 0 amide bonds. The fraction of sp³-hybridized carbons (Fsp3) is 0.467. The van der Waals surface area contributed by atoms with Gasteiger partial charge in [-0.05, 0) is 30.5 Å². The van der Waals surface area contributed by atoms with Gasteiger partial charge in [-0.15, -0.1) is 0 Å². The van der Waals surface area contributed by atoms with Gasteiger partial charge in [0.1, 0.15) is 11.6 Å². The normalized spacial score (nSPS) is 23.0. The smallest absolute Gasteiger partial charge is 0.307 e. The molecule has 2 rings (SSSR count). The molecule has 0 aromatic heterocycles. The van der Waals surface area contributed by atoms with Crippen molar-refractivity contribution in [2.24, 2.45) is 11.8 Å². The van der Waals surface area contributed by atoms with Crippen LogP contribution in [0.1, 0.15) is 31.2 Å². The number of benzene rings is 1. The number of ketones is 1. The molecule has 0 unspecified atom stereocenters. The Bertz CT molecular complexity index is 467. The molecule has 0 saturated heterocycles. The first-order chi connectivity index (χ1) is 9.08. The lowest BCUT2D eigenvalue weighted by Gasteiger charge is -2.27. The van der Waals surface area contributed by atoms with Crippen LogP contribution >= 0.6 is 0 Å². The van der Waals surface area contributed by atoms with Gasteiger partial charge in [0.25, 0.3) is 0 Å². The second-order valence-corrected chi connectivity index (χ2v) is 5.11. The summed E-state index contributed by atoms with van der Waals surface area (Å²) in [7, 11) is 0. The number of carbonyl (C=O) groups is 2. The molecular formula is C15H17FO3. The van der Waals surface area contributed by atoms with Gasteiger partial charge >= 0.3 is 5.97 Å². The molecule has 3 nitrogen and oxygen atoms in total. The predicted octanol–water partition coefficient (Wildman–Crippen LogP) is 2.83. The molecule has 0 aliphatic heterocycles. The van der Waals surface area contributed by atoms with E-state index in [-0.39, 0.29) is 18.0 Å². The third-order valence-electron chi connectivity index (χ3n) is 3.79. The number of hydrogen-bond acceptors (Lipinski definition) is 2. The summed E-state index contributed by atoms with van der Waals surface area (Å²) in [6, 6.07) is 5.79. The lowest BCUT2D eigenvalue weighted by Crippen LogP contribution is -2.33. The minimum absolute atomic E-state index is 0.0429. The summed E-state index contributed by atoms with van der Waals surface area (Å²) >= 11 is 0. The number of rotatable bonds is 4. The Balaban J connectivity index is 2.05. The second-order valence-electron chi connectivity index (χ2n) is 5.11. The number of carbonyl (C=O) groups excluding carboxylic acids is 1. The van der Waals surface area contributed by atoms with E-state index in [0.29, 0.717) is 12.8 Å². The molecule has 4 heteroatoms. The topological polar surface area (TPSA) is 54.4 Å². The van der Waals surface area contributed by atoms with Gasteiger partial charge in [-0.25, -0.2) is 4.39 Å². The first-order valence-electron chi connectivity index (χ1n) is 6.58. The maximum absolute atomic E-state index is 12.8. The van der Waals surface area contributed by atoms with E-state index in [9.17, 15) is 14.0 Å². The van der Waals surface area contributed by atoms with Gasteiger partial charge in [-0.1, -0.05) is 25.0 Å². The quantitative estimate of drug-likeness (QED) is 0.909. The van der Waals surface area contributed by atoms with Gasteiger partial charge in [0.2, 0.25) is 0 Å². The van der Waals surface area contributed by atoms with Crippen LogP contribution in [-0.2, 0) is 16.0 Å². The Kier molecular flexibility index (Phi) is 4.30. The third kappa shape index (κ3) is 3.40. The number of hydrogen-bond donors (Lipinski definition) is 1. The first kappa shape index (κ1) is 13.7. The van der Waals surface area contributed by atoms with Crippen molar-refractivity contribution in [2.75, 3.05) is 0 Å². The van der Waals surface area contributed by atoms with E-state index in [1.165, 1.54) is 12.1 Å². The van der Waals surface area contributed by atoms with Crippen molar-refractivity contribution in [1.29, 1.82) is 0 Å². The Hall–Kier alpha value is -1.71. The zero-order valence-electron chi connectivity index (χ0n) is 10.6. The Morgan fingerprint density at radius 1 is 1.11 bits per heavy atom. The molecule has 1 saturated carbocycles. The summed E-state index contributed by atoms with van der Waals surface area (Å²) in [5.74, 6) is -2.20. The lowest BCUT2D eigenvalue weighted by molar-refractivity contribution is -0.148. The molecule has 1 aromatic carbocycles. The van der Waals surface area contributed by atoms with E-state index in [1.54, 1.807) is 12.1 Å². The van der Waals surface area contributed by atoms with Gasteiger partial charge in [0.05, 0.1) is 5.92 Å². The van der Waals surface area contributed by atoms with Crippen LogP contribution < -0.4 is 0 Å². The molecule has 1 N–H and O–H groups in total. The summed E-state index contributed by atoms with van der Waals surface area (Å²) in [5.41, 5.74) is 0.737. The fourth-order valence-corrected chi connectivity index (χ4v) is 2.75. The van der Waals surface area contributed by atoms with Crippen molar-refractivity contribution >= 4 is 11.8 Å². The van der Waals surface area contributed by atoms with Crippen LogP contribution in [-0.4, -0.2) is 16.9 Å². The standard InChI is InChI=1S/C15H17FO3/c16-11-7-5-10(6-8-11)9-14(17)12-3-1-2-4-13(12)15(18)19/h5-8,12-13H,1-4,9H2,(H,18,19)/t12-,13+/m1/s1. The van der Waals surface area contributed by atoms with Crippen molar-refractivity contribution in [3.63, 3.8) is 0 Å². The predicted molar refractivity (Wildman–Crippen MR) is 68.2 cm³/mol. The van der Waals surface area contributed by atoms with Crippen LogP contribution in [0.4, 0.5) is 4.39 Å². The van der Waals surface area contributed by atoms with Crippen LogP contribution in [0.15, 0.2) is 24.3 Å². The van der Waals surface area contributed by atoms with Crippen molar-refractivity contribution < 1.29 is 19.1 Å². The van der Waals surface area contributed by atoms with Crippen molar-refractivity contribution in [1.82, 2.24) is 0 Å². The van der Waals surface area contributed by atoms with E-state index in [2.05, 4.69) is 0 Å². The number of carboxylic acid groups (broad SMARTS) is 1. The molecule has 1 aliphatic rings. The van der Waals surface area contributed by atoms with Crippen molar-refractivity contribution in [2.45, 2.75) is 32.1 Å². The summed E-state index contributed by atoms with van der Waals surface area (Å²) in [4.78, 5) is 23.4. The van der Waals surface area contributed by atoms with E-state index < -0.39 is 17.8 Å². The summed E-state index contributed by atoms with van der Waals surface area (Å²) in [6.07, 6.45) is 3.20. The van der Waals surface area contributed by atoms with Crippen LogP contribution in [0.5, 0.6) is 0 Å². The zero-order chi connectivity index (χ0) is 13.8. The largest absolute Gasteiger partial charge is 0.481 e. The highest BCUT2D eigenvalue weighted by Gasteiger charge is 2.35. The lowest BCUT2D eigenvalue weighted by atomic mass is 9.76. The molecule has 0 radical (unpaired) electrons. The van der Waals surface area contributed by atoms with E-state index in [0.717, 1.165) is 18.4 Å². The molecule has 0 bridgehead atoms. The van der Waals surface area contributed by atoms with Gasteiger partial charge in [0, 0.05) is 12.3 Å². The molecule has 102 valence electrons. The maximum atomic E-state index is 12.8. The highest BCUT2D eigenvalue weighted by atomic mass is 19.1. The third-order valence-corrected chi connectivity index (χ3v) is 3.79. The van der Waals surface area contributed by atoms with Crippen LogP contribution in [0.3, 0.4) is 0 Å². The van der Waals surface area contributed by atoms with Gasteiger partial charge < -0.3 is 5.11 Å². The average Bonchev–Trinajstić information content (AvgIpc) is 2.41. The van der Waals surface area contributed by atoms with E-state index in [1.807, 2.05) is 0 Å². The highest BCUT2D eigenvalue weighted by molar-refractivity contribution is 5.88. The van der Waals surface area contributed by atoms with Gasteiger partial charge in [-0.2, -0.15) is 0 Å². The zero-order valence-corrected chi connectivity index (χ0v) is 10.6.